The minimum Gasteiger partial charge on any atom is -0.459 e. The lowest BCUT2D eigenvalue weighted by Gasteiger charge is -2.35. The van der Waals surface area contributed by atoms with Crippen molar-refractivity contribution in [1.82, 2.24) is 0 Å². The SMILES string of the molecule is CC(C)(OC(=O)Cc1cccc(Cl)c1Cl)C1CC[NH2+]CC1. The lowest BCUT2D eigenvalue weighted by atomic mass is 9.83. The van der Waals surface area contributed by atoms with Crippen LogP contribution in [0.15, 0.2) is 18.2 Å². The minimum atomic E-state index is -0.434. The summed E-state index contributed by atoms with van der Waals surface area (Å²) in [5, 5.41) is 3.20. The molecule has 5 heteroatoms. The van der Waals surface area contributed by atoms with Gasteiger partial charge in [-0.25, -0.2) is 0 Å². The van der Waals surface area contributed by atoms with E-state index >= 15 is 0 Å². The summed E-state index contributed by atoms with van der Waals surface area (Å²) < 4.78 is 5.72. The van der Waals surface area contributed by atoms with E-state index in [0.717, 1.165) is 25.9 Å². The van der Waals surface area contributed by atoms with E-state index in [9.17, 15) is 4.79 Å². The quantitative estimate of drug-likeness (QED) is 0.862. The molecule has 1 aromatic rings. The van der Waals surface area contributed by atoms with Crippen molar-refractivity contribution in [3.05, 3.63) is 33.8 Å². The Labute approximate surface area is 136 Å². The van der Waals surface area contributed by atoms with E-state index in [1.165, 1.54) is 0 Å². The summed E-state index contributed by atoms with van der Waals surface area (Å²) in [5.41, 5.74) is 0.276. The number of hydrogen-bond acceptors (Lipinski definition) is 2. The van der Waals surface area contributed by atoms with Crippen molar-refractivity contribution >= 4 is 29.2 Å². The van der Waals surface area contributed by atoms with Gasteiger partial charge in [-0.3, -0.25) is 4.79 Å². The Bertz CT molecular complexity index is 511. The van der Waals surface area contributed by atoms with Crippen LogP contribution in [0.3, 0.4) is 0 Å². The van der Waals surface area contributed by atoms with Gasteiger partial charge in [0.1, 0.15) is 5.60 Å². The molecule has 1 saturated heterocycles. The first-order chi connectivity index (χ1) is 9.90. The summed E-state index contributed by atoms with van der Waals surface area (Å²) in [5.74, 6) is 0.167. The molecule has 0 aromatic heterocycles. The first-order valence-corrected chi connectivity index (χ1v) is 8.12. The second-order valence-corrected chi connectivity index (χ2v) is 6.89. The number of ether oxygens (including phenoxy) is 1. The van der Waals surface area contributed by atoms with E-state index in [4.69, 9.17) is 27.9 Å². The molecule has 0 bridgehead atoms. The van der Waals surface area contributed by atoms with Crippen LogP contribution in [0.25, 0.3) is 0 Å². The highest BCUT2D eigenvalue weighted by molar-refractivity contribution is 6.42. The van der Waals surface area contributed by atoms with Crippen LogP contribution in [0, 0.1) is 5.92 Å². The first-order valence-electron chi connectivity index (χ1n) is 7.36. The molecule has 1 heterocycles. The zero-order chi connectivity index (χ0) is 15.5. The summed E-state index contributed by atoms with van der Waals surface area (Å²) in [7, 11) is 0. The average Bonchev–Trinajstić information content (AvgIpc) is 2.44. The highest BCUT2D eigenvalue weighted by Gasteiger charge is 2.35. The van der Waals surface area contributed by atoms with Crippen LogP contribution in [0.2, 0.25) is 10.0 Å². The number of rotatable bonds is 4. The maximum Gasteiger partial charge on any atom is 0.310 e. The fraction of sp³-hybridized carbons (Fsp3) is 0.562. The molecule has 0 amide bonds. The van der Waals surface area contributed by atoms with E-state index in [1.807, 2.05) is 13.8 Å². The van der Waals surface area contributed by atoms with Gasteiger partial charge >= 0.3 is 5.97 Å². The molecule has 0 saturated carbocycles. The molecule has 1 fully saturated rings. The van der Waals surface area contributed by atoms with Gasteiger partial charge in [0.15, 0.2) is 0 Å². The molecule has 0 spiro atoms. The van der Waals surface area contributed by atoms with Gasteiger partial charge in [-0.05, 0) is 25.5 Å². The molecular formula is C16H22Cl2NO2+. The molecule has 1 aliphatic heterocycles. The summed E-state index contributed by atoms with van der Waals surface area (Å²) >= 11 is 12.1. The maximum atomic E-state index is 12.2. The first kappa shape index (κ1) is 16.6. The van der Waals surface area contributed by atoms with E-state index in [2.05, 4.69) is 5.32 Å². The Morgan fingerprint density at radius 1 is 1.33 bits per heavy atom. The molecule has 0 atom stereocenters. The van der Waals surface area contributed by atoms with Crippen molar-refractivity contribution < 1.29 is 14.8 Å². The number of benzene rings is 1. The smallest absolute Gasteiger partial charge is 0.310 e. The number of carbonyl (C=O) groups is 1. The second kappa shape index (κ2) is 6.99. The van der Waals surface area contributed by atoms with Crippen LogP contribution in [-0.2, 0) is 16.0 Å². The van der Waals surface area contributed by atoms with Gasteiger partial charge in [-0.2, -0.15) is 0 Å². The van der Waals surface area contributed by atoms with Crippen molar-refractivity contribution in [3.8, 4) is 0 Å². The van der Waals surface area contributed by atoms with Gasteiger partial charge in [-0.1, -0.05) is 35.3 Å². The molecule has 1 aliphatic rings. The van der Waals surface area contributed by atoms with Crippen LogP contribution in [0.5, 0.6) is 0 Å². The number of quaternary nitrogens is 1. The van der Waals surface area contributed by atoms with Crippen molar-refractivity contribution in [2.45, 2.75) is 38.7 Å². The molecule has 3 nitrogen and oxygen atoms in total. The Balaban J connectivity index is 1.98. The molecule has 2 N–H and O–H groups in total. The number of nitrogens with two attached hydrogens (primary N) is 1. The molecular weight excluding hydrogens is 309 g/mol. The monoisotopic (exact) mass is 330 g/mol. The van der Waals surface area contributed by atoms with E-state index in [-0.39, 0.29) is 12.4 Å². The largest absolute Gasteiger partial charge is 0.459 e. The van der Waals surface area contributed by atoms with Gasteiger partial charge in [0.05, 0.1) is 29.6 Å². The second-order valence-electron chi connectivity index (χ2n) is 6.11. The lowest BCUT2D eigenvalue weighted by Crippen LogP contribution is -2.86. The zero-order valence-electron chi connectivity index (χ0n) is 12.5. The summed E-state index contributed by atoms with van der Waals surface area (Å²) in [6.45, 7) is 6.21. The maximum absolute atomic E-state index is 12.2. The van der Waals surface area contributed by atoms with Crippen LogP contribution in [0.4, 0.5) is 0 Å². The van der Waals surface area contributed by atoms with E-state index < -0.39 is 5.60 Å². The zero-order valence-corrected chi connectivity index (χ0v) is 14.0. The summed E-state index contributed by atoms with van der Waals surface area (Å²) in [6, 6.07) is 5.30. The van der Waals surface area contributed by atoms with Crippen molar-refractivity contribution in [1.29, 1.82) is 0 Å². The average molecular weight is 331 g/mol. The van der Waals surface area contributed by atoms with Crippen LogP contribution in [0.1, 0.15) is 32.3 Å². The van der Waals surface area contributed by atoms with Gasteiger partial charge in [0.25, 0.3) is 0 Å². The van der Waals surface area contributed by atoms with Gasteiger partial charge < -0.3 is 10.1 Å². The third-order valence-corrected chi connectivity index (χ3v) is 5.02. The Kier molecular flexibility index (Phi) is 5.53. The topological polar surface area (TPSA) is 42.9 Å². The summed E-state index contributed by atoms with van der Waals surface area (Å²) in [4.78, 5) is 12.2. The van der Waals surface area contributed by atoms with Gasteiger partial charge in [0, 0.05) is 18.8 Å². The lowest BCUT2D eigenvalue weighted by molar-refractivity contribution is -0.665. The highest BCUT2D eigenvalue weighted by atomic mass is 35.5. The van der Waals surface area contributed by atoms with Crippen molar-refractivity contribution in [2.75, 3.05) is 13.1 Å². The van der Waals surface area contributed by atoms with E-state index in [1.54, 1.807) is 18.2 Å². The number of esters is 1. The number of carbonyl (C=O) groups excluding carboxylic acids is 1. The molecule has 0 unspecified atom stereocenters. The van der Waals surface area contributed by atoms with Crippen LogP contribution in [-0.4, -0.2) is 24.7 Å². The van der Waals surface area contributed by atoms with Gasteiger partial charge in [-0.15, -0.1) is 0 Å². The molecule has 1 aromatic carbocycles. The van der Waals surface area contributed by atoms with Gasteiger partial charge in [0.2, 0.25) is 0 Å². The fourth-order valence-electron chi connectivity index (χ4n) is 2.88. The Hall–Kier alpha value is -0.770. The third kappa shape index (κ3) is 4.35. The fourth-order valence-corrected chi connectivity index (χ4v) is 3.26. The Morgan fingerprint density at radius 2 is 2.00 bits per heavy atom. The van der Waals surface area contributed by atoms with Crippen LogP contribution < -0.4 is 5.32 Å². The summed E-state index contributed by atoms with van der Waals surface area (Å²) in [6.07, 6.45) is 2.32. The number of halogens is 2. The predicted molar refractivity (Wildman–Crippen MR) is 84.7 cm³/mol. The predicted octanol–water partition coefficient (Wildman–Crippen LogP) is 2.83. The molecule has 0 radical (unpaired) electrons. The highest BCUT2D eigenvalue weighted by Crippen LogP contribution is 2.30. The van der Waals surface area contributed by atoms with E-state index in [0.29, 0.717) is 21.5 Å². The molecule has 0 aliphatic carbocycles. The van der Waals surface area contributed by atoms with Crippen LogP contribution >= 0.6 is 23.2 Å². The normalized spacial score (nSPS) is 16.8. The van der Waals surface area contributed by atoms with Crippen molar-refractivity contribution in [3.63, 3.8) is 0 Å². The molecule has 2 rings (SSSR count). The standard InChI is InChI=1S/C16H21Cl2NO2/c1-16(2,12-6-8-19-9-7-12)21-14(20)10-11-4-3-5-13(17)15(11)18/h3-5,12,19H,6-10H2,1-2H3/p+1. The minimum absolute atomic E-state index is 0.154. The number of hydrogen-bond donors (Lipinski definition) is 1. The molecule has 21 heavy (non-hydrogen) atoms. The third-order valence-electron chi connectivity index (χ3n) is 4.16. The number of piperidine rings is 1. The van der Waals surface area contributed by atoms with Crippen molar-refractivity contribution in [2.24, 2.45) is 5.92 Å². The molecule has 116 valence electrons. The Morgan fingerprint density at radius 3 is 2.67 bits per heavy atom.